The van der Waals surface area contributed by atoms with Crippen molar-refractivity contribution in [3.63, 3.8) is 0 Å². The lowest BCUT2D eigenvalue weighted by Crippen LogP contribution is -2.51. The lowest BCUT2D eigenvalue weighted by atomic mass is 10.0. The first kappa shape index (κ1) is 9.33. The van der Waals surface area contributed by atoms with Gasteiger partial charge in [0, 0.05) is 11.0 Å². The summed E-state index contributed by atoms with van der Waals surface area (Å²) in [5, 5.41) is 30.0. The Morgan fingerprint density at radius 2 is 1.92 bits per heavy atom. The summed E-state index contributed by atoms with van der Waals surface area (Å²) in [5.74, 6) is 0. The standard InChI is InChI=1S/C6H6N2O5/c9-6(8(12)13)4-2-1-3-5(6)7(10)11/h1-5,9H. The molecule has 0 spiro atoms. The maximum absolute atomic E-state index is 10.4. The van der Waals surface area contributed by atoms with Crippen LogP contribution < -0.4 is 0 Å². The molecule has 0 radical (unpaired) electrons. The van der Waals surface area contributed by atoms with E-state index in [9.17, 15) is 25.3 Å². The van der Waals surface area contributed by atoms with Crippen molar-refractivity contribution in [1.82, 2.24) is 0 Å². The molecule has 0 fully saturated rings. The highest BCUT2D eigenvalue weighted by atomic mass is 16.7. The maximum Gasteiger partial charge on any atom is 0.413 e. The van der Waals surface area contributed by atoms with Crippen molar-refractivity contribution in [1.29, 1.82) is 0 Å². The van der Waals surface area contributed by atoms with E-state index in [1.54, 1.807) is 0 Å². The predicted octanol–water partition coefficient (Wildman–Crippen LogP) is -0.277. The SMILES string of the molecule is O=[N+]([O-])C1C=CC=CC1(O)[N+](=O)[O-]. The van der Waals surface area contributed by atoms with Crippen molar-refractivity contribution < 1.29 is 15.0 Å². The van der Waals surface area contributed by atoms with E-state index in [2.05, 4.69) is 0 Å². The first-order valence-corrected chi connectivity index (χ1v) is 3.35. The first-order chi connectivity index (χ1) is 5.98. The van der Waals surface area contributed by atoms with Crippen LogP contribution in [-0.4, -0.2) is 26.7 Å². The average Bonchev–Trinajstić information content (AvgIpc) is 2.04. The van der Waals surface area contributed by atoms with Crippen LogP contribution in [0.5, 0.6) is 0 Å². The van der Waals surface area contributed by atoms with E-state index >= 15 is 0 Å². The van der Waals surface area contributed by atoms with Gasteiger partial charge in [-0.05, 0) is 6.08 Å². The van der Waals surface area contributed by atoms with E-state index in [-0.39, 0.29) is 0 Å². The quantitative estimate of drug-likeness (QED) is 0.362. The molecule has 7 nitrogen and oxygen atoms in total. The monoisotopic (exact) mass is 186 g/mol. The van der Waals surface area contributed by atoms with Crippen molar-refractivity contribution in [2.45, 2.75) is 11.8 Å². The third-order valence-corrected chi connectivity index (χ3v) is 1.70. The predicted molar refractivity (Wildman–Crippen MR) is 41.0 cm³/mol. The highest BCUT2D eigenvalue weighted by molar-refractivity contribution is 5.19. The molecule has 70 valence electrons. The van der Waals surface area contributed by atoms with Crippen LogP contribution in [-0.2, 0) is 0 Å². The zero-order valence-electron chi connectivity index (χ0n) is 6.36. The summed E-state index contributed by atoms with van der Waals surface area (Å²) in [6.45, 7) is 0. The molecule has 1 aliphatic carbocycles. The van der Waals surface area contributed by atoms with Gasteiger partial charge in [0.1, 0.15) is 0 Å². The minimum absolute atomic E-state index is 0.792. The largest absolute Gasteiger partial charge is 0.413 e. The molecule has 0 aromatic heterocycles. The van der Waals surface area contributed by atoms with Gasteiger partial charge >= 0.3 is 11.8 Å². The fourth-order valence-corrected chi connectivity index (χ4v) is 1.00. The molecule has 0 saturated heterocycles. The molecule has 2 atom stereocenters. The zero-order chi connectivity index (χ0) is 10.1. The first-order valence-electron chi connectivity index (χ1n) is 3.35. The van der Waals surface area contributed by atoms with Crippen molar-refractivity contribution in [3.8, 4) is 0 Å². The van der Waals surface area contributed by atoms with E-state index in [4.69, 9.17) is 0 Å². The van der Waals surface area contributed by atoms with Crippen LogP contribution in [0.1, 0.15) is 0 Å². The second kappa shape index (κ2) is 2.94. The van der Waals surface area contributed by atoms with E-state index in [0.717, 1.165) is 12.2 Å². The Labute approximate surface area is 72.3 Å². The zero-order valence-corrected chi connectivity index (χ0v) is 6.36. The summed E-state index contributed by atoms with van der Waals surface area (Å²) in [6.07, 6.45) is 4.25. The number of hydrogen-bond donors (Lipinski definition) is 1. The highest BCUT2D eigenvalue weighted by Gasteiger charge is 2.54. The number of allylic oxidation sites excluding steroid dienone is 2. The van der Waals surface area contributed by atoms with Crippen molar-refractivity contribution >= 4 is 0 Å². The highest BCUT2D eigenvalue weighted by Crippen LogP contribution is 2.20. The second-order valence-corrected chi connectivity index (χ2v) is 2.51. The summed E-state index contributed by atoms with van der Waals surface area (Å²) in [4.78, 5) is 18.7. The molecule has 1 rings (SSSR count). The Morgan fingerprint density at radius 1 is 1.31 bits per heavy atom. The molecular weight excluding hydrogens is 180 g/mol. The fraction of sp³-hybridized carbons (Fsp3) is 0.333. The van der Waals surface area contributed by atoms with Gasteiger partial charge in [0.05, 0.1) is 4.92 Å². The molecular formula is C6H6N2O5. The van der Waals surface area contributed by atoms with Crippen LogP contribution >= 0.6 is 0 Å². The van der Waals surface area contributed by atoms with Crippen LogP contribution in [0.25, 0.3) is 0 Å². The Morgan fingerprint density at radius 3 is 2.31 bits per heavy atom. The molecule has 0 bridgehead atoms. The van der Waals surface area contributed by atoms with Gasteiger partial charge in [0.25, 0.3) is 0 Å². The van der Waals surface area contributed by atoms with Gasteiger partial charge in [0.15, 0.2) is 0 Å². The van der Waals surface area contributed by atoms with Gasteiger partial charge in [0.2, 0.25) is 0 Å². The maximum atomic E-state index is 10.4. The topological polar surface area (TPSA) is 107 Å². The summed E-state index contributed by atoms with van der Waals surface area (Å²) < 4.78 is 0. The smallest absolute Gasteiger partial charge is 0.321 e. The number of rotatable bonds is 2. The van der Waals surface area contributed by atoms with Crippen molar-refractivity contribution in [3.05, 3.63) is 44.5 Å². The van der Waals surface area contributed by atoms with Gasteiger partial charge in [-0.2, -0.15) is 0 Å². The number of aliphatic hydroxyl groups is 1. The van der Waals surface area contributed by atoms with E-state index in [1.165, 1.54) is 12.2 Å². The lowest BCUT2D eigenvalue weighted by molar-refractivity contribution is -0.675. The Hall–Kier alpha value is -1.76. The van der Waals surface area contributed by atoms with Gasteiger partial charge < -0.3 is 5.11 Å². The molecule has 0 saturated carbocycles. The number of nitrogens with zero attached hydrogens (tertiary/aromatic N) is 2. The normalized spacial score (nSPS) is 31.6. The molecule has 13 heavy (non-hydrogen) atoms. The van der Waals surface area contributed by atoms with Crippen LogP contribution in [0, 0.1) is 20.2 Å². The van der Waals surface area contributed by atoms with Gasteiger partial charge in [-0.25, -0.2) is 0 Å². The summed E-state index contributed by atoms with van der Waals surface area (Å²) in [6, 6.07) is -1.73. The summed E-state index contributed by atoms with van der Waals surface area (Å²) in [7, 11) is 0. The molecule has 7 heteroatoms. The minimum atomic E-state index is -2.63. The molecule has 0 aromatic rings. The van der Waals surface area contributed by atoms with E-state index in [1.807, 2.05) is 0 Å². The molecule has 0 amide bonds. The van der Waals surface area contributed by atoms with E-state index in [0.29, 0.717) is 0 Å². The van der Waals surface area contributed by atoms with Crippen LogP contribution in [0.3, 0.4) is 0 Å². The van der Waals surface area contributed by atoms with Gasteiger partial charge in [-0.3, -0.25) is 20.2 Å². The molecule has 1 aliphatic rings. The Kier molecular flexibility index (Phi) is 2.11. The third-order valence-electron chi connectivity index (χ3n) is 1.70. The van der Waals surface area contributed by atoms with Gasteiger partial charge in [-0.15, -0.1) is 0 Å². The molecule has 0 heterocycles. The molecule has 0 aliphatic heterocycles. The van der Waals surface area contributed by atoms with E-state index < -0.39 is 21.6 Å². The third kappa shape index (κ3) is 1.41. The lowest BCUT2D eigenvalue weighted by Gasteiger charge is -2.18. The molecule has 2 unspecified atom stereocenters. The van der Waals surface area contributed by atoms with Crippen molar-refractivity contribution in [2.75, 3.05) is 0 Å². The summed E-state index contributed by atoms with van der Waals surface area (Å²) >= 11 is 0. The fourth-order valence-electron chi connectivity index (χ4n) is 1.00. The minimum Gasteiger partial charge on any atom is -0.321 e. The Bertz CT molecular complexity index is 310. The van der Waals surface area contributed by atoms with Crippen LogP contribution in [0.15, 0.2) is 24.3 Å². The average molecular weight is 186 g/mol. The number of nitro groups is 2. The van der Waals surface area contributed by atoms with Crippen LogP contribution in [0.4, 0.5) is 0 Å². The Balaban J connectivity index is 3.07. The molecule has 1 N–H and O–H groups in total. The number of hydrogen-bond acceptors (Lipinski definition) is 5. The molecule has 0 aromatic carbocycles. The van der Waals surface area contributed by atoms with Crippen LogP contribution in [0.2, 0.25) is 0 Å². The van der Waals surface area contributed by atoms with Crippen molar-refractivity contribution in [2.24, 2.45) is 0 Å². The summed E-state index contributed by atoms with van der Waals surface area (Å²) in [5.41, 5.74) is -2.63. The van der Waals surface area contributed by atoms with Gasteiger partial charge in [-0.1, -0.05) is 12.2 Å². The second-order valence-electron chi connectivity index (χ2n) is 2.51.